The van der Waals surface area contributed by atoms with Gasteiger partial charge in [-0.1, -0.05) is 13.8 Å². The standard InChI is InChI=1S/C11H16S/c1-8(2)11-7-9-5-3-4-6-10(9)12-11/h7-8H,3-6H2,1-2H3. The number of thiophene rings is 1. The highest BCUT2D eigenvalue weighted by Gasteiger charge is 2.14. The average molecular weight is 180 g/mol. The third-order valence-corrected chi connectivity index (χ3v) is 4.12. The minimum Gasteiger partial charge on any atom is -0.145 e. The molecule has 2 rings (SSSR count). The molecule has 1 aliphatic rings. The third-order valence-electron chi connectivity index (χ3n) is 2.58. The van der Waals surface area contributed by atoms with E-state index in [1.54, 1.807) is 15.3 Å². The highest BCUT2D eigenvalue weighted by molar-refractivity contribution is 7.12. The average Bonchev–Trinajstić information content (AvgIpc) is 2.46. The lowest BCUT2D eigenvalue weighted by molar-refractivity contribution is 0.696. The topological polar surface area (TPSA) is 0 Å². The van der Waals surface area contributed by atoms with Gasteiger partial charge in [-0.3, -0.25) is 0 Å². The zero-order valence-electron chi connectivity index (χ0n) is 7.89. The van der Waals surface area contributed by atoms with Gasteiger partial charge in [0.15, 0.2) is 0 Å². The summed E-state index contributed by atoms with van der Waals surface area (Å²) in [7, 11) is 0. The van der Waals surface area contributed by atoms with Crippen LogP contribution in [0.5, 0.6) is 0 Å². The van der Waals surface area contributed by atoms with Crippen LogP contribution in [0.1, 0.15) is 47.9 Å². The Hall–Kier alpha value is -0.300. The molecule has 0 unspecified atom stereocenters. The predicted molar refractivity (Wildman–Crippen MR) is 55.1 cm³/mol. The molecule has 0 fully saturated rings. The minimum absolute atomic E-state index is 0.723. The lowest BCUT2D eigenvalue weighted by Gasteiger charge is -2.08. The van der Waals surface area contributed by atoms with Crippen LogP contribution < -0.4 is 0 Å². The van der Waals surface area contributed by atoms with Crippen molar-refractivity contribution in [2.45, 2.75) is 45.4 Å². The minimum atomic E-state index is 0.723. The molecule has 0 amide bonds. The first kappa shape index (κ1) is 8.31. The van der Waals surface area contributed by atoms with Crippen LogP contribution >= 0.6 is 11.3 Å². The Balaban J connectivity index is 2.32. The summed E-state index contributed by atoms with van der Waals surface area (Å²) in [6, 6.07) is 2.43. The van der Waals surface area contributed by atoms with Crippen molar-refractivity contribution in [3.63, 3.8) is 0 Å². The first-order valence-corrected chi connectivity index (χ1v) is 5.70. The van der Waals surface area contributed by atoms with E-state index >= 15 is 0 Å². The maximum Gasteiger partial charge on any atom is 0.00802 e. The molecule has 12 heavy (non-hydrogen) atoms. The smallest absolute Gasteiger partial charge is 0.00802 e. The summed E-state index contributed by atoms with van der Waals surface area (Å²) < 4.78 is 0. The molecule has 1 heterocycles. The lowest BCUT2D eigenvalue weighted by Crippen LogP contribution is -1.96. The van der Waals surface area contributed by atoms with E-state index in [0.717, 1.165) is 5.92 Å². The first-order valence-electron chi connectivity index (χ1n) is 4.89. The van der Waals surface area contributed by atoms with E-state index in [2.05, 4.69) is 19.9 Å². The van der Waals surface area contributed by atoms with Gasteiger partial charge in [-0.15, -0.1) is 11.3 Å². The Labute approximate surface area is 78.6 Å². The molecule has 0 nitrogen and oxygen atoms in total. The number of aryl methyl sites for hydroxylation is 2. The quantitative estimate of drug-likeness (QED) is 0.617. The van der Waals surface area contributed by atoms with Gasteiger partial charge >= 0.3 is 0 Å². The summed E-state index contributed by atoms with van der Waals surface area (Å²) in [4.78, 5) is 3.26. The summed E-state index contributed by atoms with van der Waals surface area (Å²) in [6.07, 6.45) is 5.48. The fourth-order valence-corrected chi connectivity index (χ4v) is 3.06. The lowest BCUT2D eigenvalue weighted by atomic mass is 9.98. The van der Waals surface area contributed by atoms with Crippen molar-refractivity contribution in [3.05, 3.63) is 21.4 Å². The van der Waals surface area contributed by atoms with Crippen molar-refractivity contribution in [1.29, 1.82) is 0 Å². The molecule has 0 N–H and O–H groups in total. The SMILES string of the molecule is CC(C)c1cc2c(s1)CCCC2. The fourth-order valence-electron chi connectivity index (χ4n) is 1.80. The molecule has 0 aromatic carbocycles. The Kier molecular flexibility index (Phi) is 2.22. The predicted octanol–water partition coefficient (Wildman–Crippen LogP) is 3.75. The van der Waals surface area contributed by atoms with Gasteiger partial charge in [-0.25, -0.2) is 0 Å². The van der Waals surface area contributed by atoms with Crippen LogP contribution in [0.15, 0.2) is 6.07 Å². The van der Waals surface area contributed by atoms with Crippen LogP contribution in [-0.2, 0) is 12.8 Å². The zero-order valence-corrected chi connectivity index (χ0v) is 8.71. The molecule has 0 aliphatic heterocycles. The van der Waals surface area contributed by atoms with E-state index in [9.17, 15) is 0 Å². The molecule has 0 bridgehead atoms. The van der Waals surface area contributed by atoms with Gasteiger partial charge in [0.05, 0.1) is 0 Å². The monoisotopic (exact) mass is 180 g/mol. The molecular formula is C11H16S. The highest BCUT2D eigenvalue weighted by atomic mass is 32.1. The van der Waals surface area contributed by atoms with E-state index in [4.69, 9.17) is 0 Å². The maximum atomic E-state index is 2.43. The van der Waals surface area contributed by atoms with E-state index in [0.29, 0.717) is 0 Å². The normalized spacial score (nSPS) is 16.6. The molecule has 1 aromatic heterocycles. The van der Waals surface area contributed by atoms with E-state index < -0.39 is 0 Å². The molecule has 0 saturated heterocycles. The van der Waals surface area contributed by atoms with Crippen LogP contribution in [-0.4, -0.2) is 0 Å². The highest BCUT2D eigenvalue weighted by Crippen LogP contribution is 2.33. The van der Waals surface area contributed by atoms with Crippen LogP contribution in [0.3, 0.4) is 0 Å². The second kappa shape index (κ2) is 3.21. The summed E-state index contributed by atoms with van der Waals surface area (Å²) >= 11 is 2.04. The summed E-state index contributed by atoms with van der Waals surface area (Å²) in [5.41, 5.74) is 1.65. The largest absolute Gasteiger partial charge is 0.145 e. The number of hydrogen-bond acceptors (Lipinski definition) is 1. The Bertz CT molecular complexity index is 247. The Morgan fingerprint density at radius 2 is 2.00 bits per heavy atom. The van der Waals surface area contributed by atoms with Crippen molar-refractivity contribution >= 4 is 11.3 Å². The molecule has 1 aliphatic carbocycles. The van der Waals surface area contributed by atoms with Crippen molar-refractivity contribution < 1.29 is 0 Å². The van der Waals surface area contributed by atoms with Crippen LogP contribution in [0.2, 0.25) is 0 Å². The second-order valence-corrected chi connectivity index (χ2v) is 5.13. The molecule has 0 saturated carbocycles. The third kappa shape index (κ3) is 1.42. The van der Waals surface area contributed by atoms with Gasteiger partial charge in [0.1, 0.15) is 0 Å². The molecular weight excluding hydrogens is 164 g/mol. The summed E-state index contributed by atoms with van der Waals surface area (Å²) in [5, 5.41) is 0. The van der Waals surface area contributed by atoms with Crippen LogP contribution in [0, 0.1) is 0 Å². The number of hydrogen-bond donors (Lipinski definition) is 0. The summed E-state index contributed by atoms with van der Waals surface area (Å²) in [6.45, 7) is 4.58. The van der Waals surface area contributed by atoms with Crippen molar-refractivity contribution in [1.82, 2.24) is 0 Å². The maximum absolute atomic E-state index is 2.43. The molecule has 1 aromatic rings. The van der Waals surface area contributed by atoms with E-state index in [-0.39, 0.29) is 0 Å². The van der Waals surface area contributed by atoms with Crippen LogP contribution in [0.4, 0.5) is 0 Å². The number of rotatable bonds is 1. The van der Waals surface area contributed by atoms with Crippen LogP contribution in [0.25, 0.3) is 0 Å². The van der Waals surface area contributed by atoms with Gasteiger partial charge in [0.2, 0.25) is 0 Å². The second-order valence-electron chi connectivity index (χ2n) is 3.96. The Morgan fingerprint density at radius 3 is 2.67 bits per heavy atom. The molecule has 0 atom stereocenters. The van der Waals surface area contributed by atoms with Crippen molar-refractivity contribution in [2.75, 3.05) is 0 Å². The molecule has 0 spiro atoms. The van der Waals surface area contributed by atoms with Gasteiger partial charge < -0.3 is 0 Å². The fraction of sp³-hybridized carbons (Fsp3) is 0.636. The zero-order chi connectivity index (χ0) is 8.55. The Morgan fingerprint density at radius 1 is 1.25 bits per heavy atom. The van der Waals surface area contributed by atoms with E-state index in [1.807, 2.05) is 11.3 Å². The summed E-state index contributed by atoms with van der Waals surface area (Å²) in [5.74, 6) is 0.723. The van der Waals surface area contributed by atoms with Crippen molar-refractivity contribution in [3.8, 4) is 0 Å². The molecule has 0 radical (unpaired) electrons. The van der Waals surface area contributed by atoms with Gasteiger partial charge in [-0.2, -0.15) is 0 Å². The van der Waals surface area contributed by atoms with E-state index in [1.165, 1.54) is 25.7 Å². The van der Waals surface area contributed by atoms with Crippen molar-refractivity contribution in [2.24, 2.45) is 0 Å². The van der Waals surface area contributed by atoms with Gasteiger partial charge in [0.25, 0.3) is 0 Å². The molecule has 66 valence electrons. The van der Waals surface area contributed by atoms with Gasteiger partial charge in [0, 0.05) is 9.75 Å². The first-order chi connectivity index (χ1) is 5.77. The van der Waals surface area contributed by atoms with Gasteiger partial charge in [-0.05, 0) is 43.2 Å². The molecule has 1 heteroatoms. The number of fused-ring (bicyclic) bond motifs is 1.